The lowest BCUT2D eigenvalue weighted by Gasteiger charge is -2.28. The van der Waals surface area contributed by atoms with Crippen molar-refractivity contribution in [3.63, 3.8) is 0 Å². The van der Waals surface area contributed by atoms with Gasteiger partial charge >= 0.3 is 5.97 Å². The number of carboxylic acid groups (broad SMARTS) is 1. The lowest BCUT2D eigenvalue weighted by atomic mass is 10.0. The number of aliphatic carboxylic acids is 1. The average molecular weight is 417 g/mol. The summed E-state index contributed by atoms with van der Waals surface area (Å²) in [7, 11) is 0. The summed E-state index contributed by atoms with van der Waals surface area (Å²) < 4.78 is 0. The zero-order valence-electron chi connectivity index (χ0n) is 16.9. The van der Waals surface area contributed by atoms with Gasteiger partial charge in [-0.1, -0.05) is 13.8 Å². The van der Waals surface area contributed by atoms with Gasteiger partial charge in [-0.15, -0.1) is 0 Å². The van der Waals surface area contributed by atoms with E-state index in [9.17, 15) is 24.3 Å². The van der Waals surface area contributed by atoms with E-state index in [1.54, 1.807) is 25.6 Å². The summed E-state index contributed by atoms with van der Waals surface area (Å²) in [4.78, 5) is 50.1. The van der Waals surface area contributed by atoms with Crippen LogP contribution >= 0.6 is 11.8 Å². The highest BCUT2D eigenvalue weighted by Crippen LogP contribution is 2.19. The molecule has 4 unspecified atom stereocenters. The molecule has 0 bridgehead atoms. The molecule has 0 spiro atoms. The van der Waals surface area contributed by atoms with Crippen molar-refractivity contribution in [2.75, 3.05) is 18.6 Å². The summed E-state index contributed by atoms with van der Waals surface area (Å²) in [5.41, 5.74) is 5.95. The van der Waals surface area contributed by atoms with Gasteiger partial charge in [0.1, 0.15) is 18.1 Å². The van der Waals surface area contributed by atoms with Gasteiger partial charge < -0.3 is 26.4 Å². The fourth-order valence-corrected chi connectivity index (χ4v) is 3.54. The standard InChI is InChI=1S/C18H32N4O5S/c1-10(2)14(18(26)27)21-15(23)11(3)20-16(24)13-6-5-8-22(13)17(25)12(19)7-9-28-4/h10-14H,5-9,19H2,1-4H3,(H,20,24)(H,21,23)(H,26,27). The molecule has 1 aliphatic rings. The van der Waals surface area contributed by atoms with E-state index in [0.29, 0.717) is 25.8 Å². The second kappa shape index (κ2) is 11.3. The lowest BCUT2D eigenvalue weighted by molar-refractivity contribution is -0.144. The Balaban J connectivity index is 2.68. The van der Waals surface area contributed by atoms with Crippen LogP contribution in [0.2, 0.25) is 0 Å². The van der Waals surface area contributed by atoms with Crippen LogP contribution in [0.5, 0.6) is 0 Å². The molecule has 1 fully saturated rings. The van der Waals surface area contributed by atoms with Crippen LogP contribution in [-0.2, 0) is 19.2 Å². The highest BCUT2D eigenvalue weighted by Gasteiger charge is 2.37. The van der Waals surface area contributed by atoms with E-state index in [0.717, 1.165) is 5.75 Å². The van der Waals surface area contributed by atoms with Crippen molar-refractivity contribution in [3.8, 4) is 0 Å². The minimum absolute atomic E-state index is 0.255. The smallest absolute Gasteiger partial charge is 0.326 e. The van der Waals surface area contributed by atoms with Gasteiger partial charge in [0.15, 0.2) is 0 Å². The maximum atomic E-state index is 12.6. The van der Waals surface area contributed by atoms with Crippen molar-refractivity contribution in [3.05, 3.63) is 0 Å². The average Bonchev–Trinajstić information content (AvgIpc) is 3.12. The molecule has 0 aromatic rings. The Hall–Kier alpha value is -1.81. The number of carbonyl (C=O) groups is 4. The van der Waals surface area contributed by atoms with E-state index in [4.69, 9.17) is 5.73 Å². The van der Waals surface area contributed by atoms with Crippen LogP contribution in [0.4, 0.5) is 0 Å². The quantitative estimate of drug-likeness (QED) is 0.386. The molecule has 160 valence electrons. The van der Waals surface area contributed by atoms with Gasteiger partial charge in [0.05, 0.1) is 6.04 Å². The Bertz CT molecular complexity index is 586. The molecule has 28 heavy (non-hydrogen) atoms. The van der Waals surface area contributed by atoms with E-state index in [2.05, 4.69) is 10.6 Å². The van der Waals surface area contributed by atoms with Gasteiger partial charge in [-0.3, -0.25) is 14.4 Å². The summed E-state index contributed by atoms with van der Waals surface area (Å²) in [5.74, 6) is -1.93. The normalized spacial score (nSPS) is 19.8. The van der Waals surface area contributed by atoms with Crippen molar-refractivity contribution in [2.45, 2.75) is 64.2 Å². The molecule has 10 heteroatoms. The third-order valence-electron chi connectivity index (χ3n) is 4.77. The third-order valence-corrected chi connectivity index (χ3v) is 5.42. The zero-order valence-corrected chi connectivity index (χ0v) is 17.8. The molecule has 0 aromatic heterocycles. The molecule has 0 radical (unpaired) electrons. The van der Waals surface area contributed by atoms with Crippen molar-refractivity contribution in [1.29, 1.82) is 0 Å². The second-order valence-electron chi connectivity index (χ2n) is 7.38. The number of nitrogens with one attached hydrogen (secondary N) is 2. The highest BCUT2D eigenvalue weighted by atomic mass is 32.2. The van der Waals surface area contributed by atoms with Gasteiger partial charge in [0, 0.05) is 6.54 Å². The molecular weight excluding hydrogens is 384 g/mol. The first-order valence-corrected chi connectivity index (χ1v) is 10.9. The number of hydrogen-bond acceptors (Lipinski definition) is 6. The molecule has 3 amide bonds. The predicted octanol–water partition coefficient (Wildman–Crippen LogP) is -0.212. The summed E-state index contributed by atoms with van der Waals surface area (Å²) in [5, 5.41) is 14.2. The van der Waals surface area contributed by atoms with Crippen molar-refractivity contribution < 1.29 is 24.3 Å². The van der Waals surface area contributed by atoms with Crippen molar-refractivity contribution in [1.82, 2.24) is 15.5 Å². The number of thioether (sulfide) groups is 1. The summed E-state index contributed by atoms with van der Waals surface area (Å²) >= 11 is 1.60. The monoisotopic (exact) mass is 416 g/mol. The Kier molecular flexibility index (Phi) is 9.74. The van der Waals surface area contributed by atoms with Crippen molar-refractivity contribution >= 4 is 35.5 Å². The maximum absolute atomic E-state index is 12.6. The number of hydrogen-bond donors (Lipinski definition) is 4. The molecule has 0 aromatic carbocycles. The van der Waals surface area contributed by atoms with Crippen LogP contribution in [0, 0.1) is 5.92 Å². The lowest BCUT2D eigenvalue weighted by Crippen LogP contribution is -2.56. The molecule has 0 aliphatic carbocycles. The van der Waals surface area contributed by atoms with E-state index in [1.165, 1.54) is 11.8 Å². The summed E-state index contributed by atoms with van der Waals surface area (Å²) in [6.45, 7) is 5.31. The first-order valence-electron chi connectivity index (χ1n) is 9.48. The number of rotatable bonds is 10. The number of carbonyl (C=O) groups excluding carboxylic acids is 3. The topological polar surface area (TPSA) is 142 Å². The molecule has 1 rings (SSSR count). The fourth-order valence-electron chi connectivity index (χ4n) is 3.05. The highest BCUT2D eigenvalue weighted by molar-refractivity contribution is 7.98. The number of amides is 3. The molecule has 9 nitrogen and oxygen atoms in total. The van der Waals surface area contributed by atoms with Gasteiger partial charge in [-0.2, -0.15) is 11.8 Å². The van der Waals surface area contributed by atoms with Gasteiger partial charge in [-0.25, -0.2) is 4.79 Å². The third kappa shape index (κ3) is 6.66. The van der Waals surface area contributed by atoms with E-state index in [1.807, 2.05) is 6.26 Å². The second-order valence-corrected chi connectivity index (χ2v) is 8.36. The molecule has 4 atom stereocenters. The Morgan fingerprint density at radius 2 is 1.86 bits per heavy atom. The van der Waals surface area contributed by atoms with Crippen LogP contribution in [0.1, 0.15) is 40.0 Å². The van der Waals surface area contributed by atoms with Crippen molar-refractivity contribution in [2.24, 2.45) is 11.7 Å². The molecule has 1 heterocycles. The van der Waals surface area contributed by atoms with E-state index < -0.39 is 42.0 Å². The molecule has 5 N–H and O–H groups in total. The summed E-state index contributed by atoms with van der Waals surface area (Å²) in [6.07, 6.45) is 3.67. The van der Waals surface area contributed by atoms with E-state index in [-0.39, 0.29) is 11.8 Å². The fraction of sp³-hybridized carbons (Fsp3) is 0.778. The Morgan fingerprint density at radius 3 is 2.39 bits per heavy atom. The van der Waals surface area contributed by atoms with Gasteiger partial charge in [0.25, 0.3) is 0 Å². The minimum atomic E-state index is -1.13. The molecular formula is C18H32N4O5S. The number of nitrogens with zero attached hydrogens (tertiary/aromatic N) is 1. The predicted molar refractivity (Wildman–Crippen MR) is 108 cm³/mol. The van der Waals surface area contributed by atoms with Crippen LogP contribution in [0.25, 0.3) is 0 Å². The Labute approximate surface area is 170 Å². The van der Waals surface area contributed by atoms with Crippen LogP contribution in [-0.4, -0.2) is 76.4 Å². The maximum Gasteiger partial charge on any atom is 0.326 e. The zero-order chi connectivity index (χ0) is 21.4. The molecule has 1 saturated heterocycles. The van der Waals surface area contributed by atoms with E-state index >= 15 is 0 Å². The Morgan fingerprint density at radius 1 is 1.21 bits per heavy atom. The van der Waals surface area contributed by atoms with Gasteiger partial charge in [0.2, 0.25) is 17.7 Å². The number of likely N-dealkylation sites (tertiary alicyclic amines) is 1. The first kappa shape index (κ1) is 24.2. The number of nitrogens with two attached hydrogens (primary N) is 1. The molecule has 0 saturated carbocycles. The van der Waals surface area contributed by atoms with Crippen LogP contribution in [0.15, 0.2) is 0 Å². The van der Waals surface area contributed by atoms with Gasteiger partial charge in [-0.05, 0) is 44.1 Å². The largest absolute Gasteiger partial charge is 0.480 e. The SMILES string of the molecule is CSCCC(N)C(=O)N1CCCC1C(=O)NC(C)C(=O)NC(C(=O)O)C(C)C. The summed E-state index contributed by atoms with van der Waals surface area (Å²) in [6, 6.07) is -3.27. The molecule has 1 aliphatic heterocycles. The number of carboxylic acids is 1. The van der Waals surface area contributed by atoms with Crippen LogP contribution in [0.3, 0.4) is 0 Å². The minimum Gasteiger partial charge on any atom is -0.480 e. The first-order chi connectivity index (χ1) is 13.1. The van der Waals surface area contributed by atoms with Crippen LogP contribution < -0.4 is 16.4 Å².